The molecule has 1 aromatic carbocycles. The monoisotopic (exact) mass is 346 g/mol. The van der Waals surface area contributed by atoms with Gasteiger partial charge in [-0.3, -0.25) is 0 Å². The lowest BCUT2D eigenvalue weighted by molar-refractivity contribution is 0.399. The van der Waals surface area contributed by atoms with E-state index < -0.39 is 10.0 Å². The van der Waals surface area contributed by atoms with Gasteiger partial charge in [0.1, 0.15) is 0 Å². The summed E-state index contributed by atoms with van der Waals surface area (Å²) in [6.07, 6.45) is 5.36. The van der Waals surface area contributed by atoms with E-state index >= 15 is 0 Å². The lowest BCUT2D eigenvalue weighted by Crippen LogP contribution is -2.39. The molecule has 2 aromatic rings. The van der Waals surface area contributed by atoms with Gasteiger partial charge >= 0.3 is 0 Å². The van der Waals surface area contributed by atoms with Crippen LogP contribution in [0, 0.1) is 5.92 Å². The summed E-state index contributed by atoms with van der Waals surface area (Å²) in [5, 5.41) is 0. The van der Waals surface area contributed by atoms with E-state index in [0.717, 1.165) is 37.4 Å². The molecule has 7 heteroatoms. The van der Waals surface area contributed by atoms with E-state index in [-0.39, 0.29) is 5.75 Å². The Labute approximate surface area is 143 Å². The quantitative estimate of drug-likeness (QED) is 0.863. The third-order valence-corrected chi connectivity index (χ3v) is 5.56. The average molecular weight is 346 g/mol. The molecule has 0 saturated carbocycles. The van der Waals surface area contributed by atoms with Crippen LogP contribution < -0.4 is 9.62 Å². The molecule has 0 aliphatic carbocycles. The van der Waals surface area contributed by atoms with Crippen LogP contribution in [-0.2, 0) is 15.8 Å². The molecule has 1 saturated heterocycles. The lowest BCUT2D eigenvalue weighted by atomic mass is 9.97. The van der Waals surface area contributed by atoms with Crippen molar-refractivity contribution < 1.29 is 8.42 Å². The van der Waals surface area contributed by atoms with E-state index in [1.165, 1.54) is 0 Å². The van der Waals surface area contributed by atoms with Gasteiger partial charge in [-0.2, -0.15) is 0 Å². The third-order valence-electron chi connectivity index (χ3n) is 4.24. The smallest absolute Gasteiger partial charge is 0.225 e. The number of anilines is 1. The van der Waals surface area contributed by atoms with Gasteiger partial charge in [-0.05, 0) is 30.4 Å². The summed E-state index contributed by atoms with van der Waals surface area (Å²) in [4.78, 5) is 10.7. The van der Waals surface area contributed by atoms with Crippen LogP contribution in [0.2, 0.25) is 0 Å². The van der Waals surface area contributed by atoms with Crippen molar-refractivity contribution in [3.63, 3.8) is 0 Å². The van der Waals surface area contributed by atoms with Crippen LogP contribution in [0.1, 0.15) is 18.4 Å². The summed E-state index contributed by atoms with van der Waals surface area (Å²) < 4.78 is 27.1. The highest BCUT2D eigenvalue weighted by Gasteiger charge is 2.22. The molecule has 1 aliphatic heterocycles. The fourth-order valence-corrected chi connectivity index (χ4v) is 4.10. The van der Waals surface area contributed by atoms with Gasteiger partial charge in [-0.1, -0.05) is 30.3 Å². The number of aromatic nitrogens is 2. The van der Waals surface area contributed by atoms with E-state index in [1.54, 1.807) is 18.5 Å². The second-order valence-electron chi connectivity index (χ2n) is 6.07. The lowest BCUT2D eigenvalue weighted by Gasteiger charge is -2.31. The molecule has 1 aromatic heterocycles. The summed E-state index contributed by atoms with van der Waals surface area (Å²) in [5.41, 5.74) is 0.807. The van der Waals surface area contributed by atoms with Crippen molar-refractivity contribution in [2.45, 2.75) is 18.6 Å². The molecule has 1 aliphatic rings. The molecule has 1 N–H and O–H groups in total. The summed E-state index contributed by atoms with van der Waals surface area (Å²) in [7, 11) is -3.29. The third kappa shape index (κ3) is 4.75. The van der Waals surface area contributed by atoms with E-state index in [4.69, 9.17) is 0 Å². The highest BCUT2D eigenvalue weighted by atomic mass is 32.2. The molecule has 128 valence electrons. The first-order chi connectivity index (χ1) is 11.6. The van der Waals surface area contributed by atoms with Gasteiger partial charge in [-0.15, -0.1) is 0 Å². The molecule has 0 unspecified atom stereocenters. The second kappa shape index (κ2) is 7.72. The Hall–Kier alpha value is -1.99. The number of piperidine rings is 1. The average Bonchev–Trinajstić information content (AvgIpc) is 2.62. The van der Waals surface area contributed by atoms with Crippen molar-refractivity contribution in [2.75, 3.05) is 24.5 Å². The number of benzene rings is 1. The van der Waals surface area contributed by atoms with Gasteiger partial charge in [0, 0.05) is 32.0 Å². The molecule has 1 fully saturated rings. The molecule has 0 amide bonds. The maximum absolute atomic E-state index is 12.2. The van der Waals surface area contributed by atoms with Crippen molar-refractivity contribution in [1.29, 1.82) is 0 Å². The van der Waals surface area contributed by atoms with Crippen molar-refractivity contribution in [3.05, 3.63) is 54.4 Å². The number of hydrogen-bond acceptors (Lipinski definition) is 5. The molecule has 0 radical (unpaired) electrons. The molecule has 2 heterocycles. The highest BCUT2D eigenvalue weighted by molar-refractivity contribution is 7.88. The molecule has 0 bridgehead atoms. The maximum atomic E-state index is 12.2. The Morgan fingerprint density at radius 3 is 2.38 bits per heavy atom. The zero-order chi connectivity index (χ0) is 16.8. The summed E-state index contributed by atoms with van der Waals surface area (Å²) in [6.45, 7) is 2.21. The van der Waals surface area contributed by atoms with Crippen LogP contribution >= 0.6 is 0 Å². The first-order valence-corrected chi connectivity index (χ1v) is 9.81. The van der Waals surface area contributed by atoms with Crippen LogP contribution in [0.15, 0.2) is 48.8 Å². The van der Waals surface area contributed by atoms with Crippen molar-refractivity contribution in [1.82, 2.24) is 14.7 Å². The van der Waals surface area contributed by atoms with Gasteiger partial charge in [-0.25, -0.2) is 23.1 Å². The van der Waals surface area contributed by atoms with E-state index in [0.29, 0.717) is 12.5 Å². The summed E-state index contributed by atoms with van der Waals surface area (Å²) in [6, 6.07) is 11.1. The fourth-order valence-electron chi connectivity index (χ4n) is 2.88. The maximum Gasteiger partial charge on any atom is 0.225 e. The van der Waals surface area contributed by atoms with Crippen molar-refractivity contribution in [2.24, 2.45) is 5.92 Å². The standard InChI is InChI=1S/C17H22N4O2S/c22-24(23,14-16-5-2-1-3-6-16)20-13-15-7-11-21(12-8-15)17-18-9-4-10-19-17/h1-6,9-10,15,20H,7-8,11-14H2. The molecular weight excluding hydrogens is 324 g/mol. The predicted molar refractivity (Wildman–Crippen MR) is 94.0 cm³/mol. The summed E-state index contributed by atoms with van der Waals surface area (Å²) >= 11 is 0. The minimum absolute atomic E-state index is 0.0323. The number of sulfonamides is 1. The Bertz CT molecular complexity index is 730. The van der Waals surface area contributed by atoms with Crippen LogP contribution in [0.5, 0.6) is 0 Å². The van der Waals surface area contributed by atoms with Crippen molar-refractivity contribution >= 4 is 16.0 Å². The predicted octanol–water partition coefficient (Wildman–Crippen LogP) is 1.81. The molecular formula is C17H22N4O2S. The van der Waals surface area contributed by atoms with Gasteiger partial charge in [0.2, 0.25) is 16.0 Å². The van der Waals surface area contributed by atoms with Gasteiger partial charge in [0.25, 0.3) is 0 Å². The Morgan fingerprint density at radius 1 is 1.04 bits per heavy atom. The first kappa shape index (κ1) is 16.9. The summed E-state index contributed by atoms with van der Waals surface area (Å²) in [5.74, 6) is 1.14. The highest BCUT2D eigenvalue weighted by Crippen LogP contribution is 2.20. The van der Waals surface area contributed by atoms with Crippen LogP contribution in [0.25, 0.3) is 0 Å². The Kier molecular flexibility index (Phi) is 5.42. The van der Waals surface area contributed by atoms with Gasteiger partial charge in [0.05, 0.1) is 5.75 Å². The first-order valence-electron chi connectivity index (χ1n) is 8.16. The Balaban J connectivity index is 1.46. The van der Waals surface area contributed by atoms with E-state index in [2.05, 4.69) is 19.6 Å². The van der Waals surface area contributed by atoms with Crippen LogP contribution in [-0.4, -0.2) is 38.0 Å². The second-order valence-corrected chi connectivity index (χ2v) is 7.88. The topological polar surface area (TPSA) is 75.2 Å². The zero-order valence-electron chi connectivity index (χ0n) is 13.5. The number of hydrogen-bond donors (Lipinski definition) is 1. The minimum Gasteiger partial charge on any atom is -0.341 e. The fraction of sp³-hybridized carbons (Fsp3) is 0.412. The minimum atomic E-state index is -3.29. The largest absolute Gasteiger partial charge is 0.341 e. The van der Waals surface area contributed by atoms with Crippen LogP contribution in [0.4, 0.5) is 5.95 Å². The van der Waals surface area contributed by atoms with Crippen molar-refractivity contribution in [3.8, 4) is 0 Å². The molecule has 0 atom stereocenters. The SMILES string of the molecule is O=S(=O)(Cc1ccccc1)NCC1CCN(c2ncccn2)CC1. The molecule has 3 rings (SSSR count). The molecule has 6 nitrogen and oxygen atoms in total. The number of nitrogens with zero attached hydrogens (tertiary/aromatic N) is 3. The molecule has 24 heavy (non-hydrogen) atoms. The zero-order valence-corrected chi connectivity index (χ0v) is 14.3. The number of nitrogens with one attached hydrogen (secondary N) is 1. The molecule has 0 spiro atoms. The van der Waals surface area contributed by atoms with E-state index in [9.17, 15) is 8.42 Å². The van der Waals surface area contributed by atoms with Crippen LogP contribution in [0.3, 0.4) is 0 Å². The van der Waals surface area contributed by atoms with Gasteiger partial charge < -0.3 is 4.90 Å². The Morgan fingerprint density at radius 2 is 1.71 bits per heavy atom. The normalized spacial score (nSPS) is 16.2. The number of rotatable bonds is 6. The van der Waals surface area contributed by atoms with Gasteiger partial charge in [0.15, 0.2) is 0 Å². The van der Waals surface area contributed by atoms with E-state index in [1.807, 2.05) is 30.3 Å².